The average Bonchev–Trinajstić information content (AvgIpc) is 1.93. The lowest BCUT2D eigenvalue weighted by Crippen LogP contribution is -2.09. The first-order valence-corrected chi connectivity index (χ1v) is 4.03. The largest absolute Gasteiger partial charge is 0.393 e. The van der Waals surface area contributed by atoms with E-state index in [0.717, 1.165) is 0 Å². The maximum atomic E-state index is 11.0. The van der Waals surface area contributed by atoms with Gasteiger partial charge < -0.3 is 10.7 Å². The molecular weight excluding hydrogens is 264 g/mol. The van der Waals surface area contributed by atoms with Crippen LogP contribution in [0, 0.1) is 0 Å². The van der Waals surface area contributed by atoms with Gasteiger partial charge in [-0.25, -0.2) is 0 Å². The van der Waals surface area contributed by atoms with Crippen molar-refractivity contribution in [3.05, 3.63) is 25.5 Å². The van der Waals surface area contributed by atoms with E-state index in [1.807, 2.05) is 0 Å². The van der Waals surface area contributed by atoms with E-state index in [9.17, 15) is 4.79 Å². The van der Waals surface area contributed by atoms with E-state index in [4.69, 9.17) is 5.73 Å². The van der Waals surface area contributed by atoms with Crippen molar-refractivity contribution in [3.8, 4) is 0 Å². The van der Waals surface area contributed by atoms with E-state index in [0.29, 0.717) is 9.08 Å². The topological polar surface area (TPSA) is 58.9 Å². The summed E-state index contributed by atoms with van der Waals surface area (Å²) in [5, 5.41) is 0. The smallest absolute Gasteiger partial charge is 0.219 e. The van der Waals surface area contributed by atoms with Crippen LogP contribution in [-0.2, 0) is 0 Å². The van der Waals surface area contributed by atoms with Crippen LogP contribution in [0.15, 0.2) is 20.1 Å². The number of halogens is 2. The molecule has 3 nitrogen and oxygen atoms in total. The molecule has 1 heterocycles. The number of aromatic nitrogens is 1. The highest BCUT2D eigenvalue weighted by Crippen LogP contribution is 2.13. The van der Waals surface area contributed by atoms with Gasteiger partial charge in [0, 0.05) is 6.20 Å². The average molecular weight is 268 g/mol. The second kappa shape index (κ2) is 2.75. The SMILES string of the molecule is Nc1c(Br)[nH]cc(Br)c1=O. The molecule has 0 aromatic carbocycles. The summed E-state index contributed by atoms with van der Waals surface area (Å²) < 4.78 is 0.953. The van der Waals surface area contributed by atoms with E-state index in [1.165, 1.54) is 6.20 Å². The van der Waals surface area contributed by atoms with Crippen LogP contribution in [0.25, 0.3) is 0 Å². The summed E-state index contributed by atoms with van der Waals surface area (Å²) in [6.07, 6.45) is 1.53. The third-order valence-electron chi connectivity index (χ3n) is 1.02. The molecule has 3 N–H and O–H groups in total. The van der Waals surface area contributed by atoms with Crippen molar-refractivity contribution < 1.29 is 0 Å². The second-order valence-corrected chi connectivity index (χ2v) is 3.34. The van der Waals surface area contributed by atoms with Crippen molar-refractivity contribution in [2.45, 2.75) is 0 Å². The van der Waals surface area contributed by atoms with Crippen molar-refractivity contribution in [3.63, 3.8) is 0 Å². The summed E-state index contributed by atoms with van der Waals surface area (Å²) in [6.45, 7) is 0. The van der Waals surface area contributed by atoms with Gasteiger partial charge in [-0.05, 0) is 31.9 Å². The van der Waals surface area contributed by atoms with E-state index in [1.54, 1.807) is 0 Å². The van der Waals surface area contributed by atoms with E-state index in [-0.39, 0.29) is 11.1 Å². The van der Waals surface area contributed by atoms with Gasteiger partial charge in [-0.1, -0.05) is 0 Å². The van der Waals surface area contributed by atoms with Crippen LogP contribution in [0.3, 0.4) is 0 Å². The Morgan fingerprint density at radius 2 is 2.10 bits per heavy atom. The lowest BCUT2D eigenvalue weighted by atomic mass is 10.4. The Labute approximate surface area is 73.9 Å². The number of hydrogen-bond acceptors (Lipinski definition) is 2. The Kier molecular flexibility index (Phi) is 2.15. The van der Waals surface area contributed by atoms with E-state index >= 15 is 0 Å². The molecule has 0 aliphatic carbocycles. The maximum absolute atomic E-state index is 11.0. The highest BCUT2D eigenvalue weighted by atomic mass is 79.9. The van der Waals surface area contributed by atoms with Crippen molar-refractivity contribution in [1.29, 1.82) is 0 Å². The summed E-state index contributed by atoms with van der Waals surface area (Å²) in [6, 6.07) is 0. The van der Waals surface area contributed by atoms with Gasteiger partial charge in [-0.15, -0.1) is 0 Å². The molecule has 0 saturated heterocycles. The Balaban J connectivity index is 3.50. The molecule has 0 spiro atoms. The molecule has 1 aromatic heterocycles. The zero-order chi connectivity index (χ0) is 7.72. The third kappa shape index (κ3) is 1.24. The fourth-order valence-electron chi connectivity index (χ4n) is 0.498. The number of nitrogens with one attached hydrogen (secondary N) is 1. The van der Waals surface area contributed by atoms with Gasteiger partial charge in [-0.2, -0.15) is 0 Å². The van der Waals surface area contributed by atoms with Crippen molar-refractivity contribution >= 4 is 37.5 Å². The van der Waals surface area contributed by atoms with E-state index < -0.39 is 0 Å². The minimum atomic E-state index is -0.203. The number of pyridine rings is 1. The summed E-state index contributed by atoms with van der Waals surface area (Å²) in [5.41, 5.74) is 5.35. The molecular formula is C5H4Br2N2O. The number of nitrogens with two attached hydrogens (primary N) is 1. The molecule has 0 fully saturated rings. The first-order chi connectivity index (χ1) is 4.63. The van der Waals surface area contributed by atoms with Gasteiger partial charge in [0.1, 0.15) is 10.3 Å². The molecule has 5 heteroatoms. The molecule has 0 atom stereocenters. The molecule has 1 aromatic rings. The molecule has 1 rings (SSSR count). The summed E-state index contributed by atoms with van der Waals surface area (Å²) >= 11 is 6.11. The van der Waals surface area contributed by atoms with Gasteiger partial charge in [0.15, 0.2) is 0 Å². The van der Waals surface area contributed by atoms with Crippen LogP contribution in [0.1, 0.15) is 0 Å². The van der Waals surface area contributed by atoms with Gasteiger partial charge in [0.2, 0.25) is 5.43 Å². The van der Waals surface area contributed by atoms with Crippen LogP contribution < -0.4 is 11.2 Å². The maximum Gasteiger partial charge on any atom is 0.219 e. The number of aromatic amines is 1. The predicted octanol–water partition coefficient (Wildman–Crippen LogP) is 1.48. The van der Waals surface area contributed by atoms with Crippen LogP contribution in [-0.4, -0.2) is 4.98 Å². The van der Waals surface area contributed by atoms with Gasteiger partial charge in [-0.3, -0.25) is 4.79 Å². The second-order valence-electron chi connectivity index (χ2n) is 1.69. The zero-order valence-corrected chi connectivity index (χ0v) is 7.99. The lowest BCUT2D eigenvalue weighted by Gasteiger charge is -1.95. The summed E-state index contributed by atoms with van der Waals surface area (Å²) in [4.78, 5) is 13.7. The first-order valence-electron chi connectivity index (χ1n) is 2.45. The highest BCUT2D eigenvalue weighted by molar-refractivity contribution is 9.11. The van der Waals surface area contributed by atoms with Gasteiger partial charge in [0.25, 0.3) is 0 Å². The Hall–Kier alpha value is -0.290. The van der Waals surface area contributed by atoms with E-state index in [2.05, 4.69) is 36.8 Å². The fourth-order valence-corrected chi connectivity index (χ4v) is 1.12. The zero-order valence-electron chi connectivity index (χ0n) is 4.82. The normalized spacial score (nSPS) is 9.80. The third-order valence-corrected chi connectivity index (χ3v) is 2.27. The minimum absolute atomic E-state index is 0.189. The molecule has 0 bridgehead atoms. The van der Waals surface area contributed by atoms with Crippen molar-refractivity contribution in [2.75, 3.05) is 5.73 Å². The molecule has 0 amide bonds. The first kappa shape index (κ1) is 7.81. The molecule has 0 aliphatic heterocycles. The Morgan fingerprint density at radius 1 is 1.50 bits per heavy atom. The predicted molar refractivity (Wildman–Crippen MR) is 46.9 cm³/mol. The quantitative estimate of drug-likeness (QED) is 0.700. The number of anilines is 1. The molecule has 0 radical (unpaired) electrons. The molecule has 0 unspecified atom stereocenters. The molecule has 54 valence electrons. The highest BCUT2D eigenvalue weighted by Gasteiger charge is 2.02. The van der Waals surface area contributed by atoms with Crippen molar-refractivity contribution in [2.24, 2.45) is 0 Å². The van der Waals surface area contributed by atoms with Crippen LogP contribution >= 0.6 is 31.9 Å². The Bertz CT molecular complexity index is 307. The van der Waals surface area contributed by atoms with Gasteiger partial charge in [0.05, 0.1) is 4.47 Å². The molecule has 10 heavy (non-hydrogen) atoms. The van der Waals surface area contributed by atoms with Crippen LogP contribution in [0.2, 0.25) is 0 Å². The van der Waals surface area contributed by atoms with Crippen LogP contribution in [0.4, 0.5) is 5.69 Å². The van der Waals surface area contributed by atoms with Crippen LogP contribution in [0.5, 0.6) is 0 Å². The summed E-state index contributed by atoms with van der Waals surface area (Å²) in [7, 11) is 0. The number of H-pyrrole nitrogens is 1. The van der Waals surface area contributed by atoms with Crippen molar-refractivity contribution in [1.82, 2.24) is 4.98 Å². The van der Waals surface area contributed by atoms with Gasteiger partial charge >= 0.3 is 0 Å². The lowest BCUT2D eigenvalue weighted by molar-refractivity contribution is 1.24. The number of nitrogen functional groups attached to an aromatic ring is 1. The number of hydrogen-bond donors (Lipinski definition) is 2. The number of rotatable bonds is 0. The fraction of sp³-hybridized carbons (Fsp3) is 0. The molecule has 0 aliphatic rings. The monoisotopic (exact) mass is 266 g/mol. The molecule has 0 saturated carbocycles. The Morgan fingerprint density at radius 3 is 2.60 bits per heavy atom. The standard InChI is InChI=1S/C5H4Br2N2O/c6-2-1-9-5(7)3(8)4(2)10/h1H,8H2,(H,9,10). The summed E-state index contributed by atoms with van der Waals surface area (Å²) in [5.74, 6) is 0. The minimum Gasteiger partial charge on any atom is -0.393 e.